The Labute approximate surface area is 173 Å². The molecule has 0 aliphatic rings. The van der Waals surface area contributed by atoms with Gasteiger partial charge in [-0.1, -0.05) is 5.16 Å². The van der Waals surface area contributed by atoms with Crippen LogP contribution in [-0.4, -0.2) is 24.0 Å². The van der Waals surface area contributed by atoms with E-state index in [0.717, 1.165) is 11.4 Å². The van der Waals surface area contributed by atoms with Crippen molar-refractivity contribution in [2.45, 2.75) is 25.7 Å². The van der Waals surface area contributed by atoms with Gasteiger partial charge < -0.3 is 9.84 Å². The van der Waals surface area contributed by atoms with Crippen LogP contribution < -0.4 is 10.5 Å². The number of hydrogen-bond acceptors (Lipinski definition) is 6. The van der Waals surface area contributed by atoms with E-state index in [0.29, 0.717) is 22.8 Å². The minimum absolute atomic E-state index is 0.0768. The van der Waals surface area contributed by atoms with E-state index >= 15 is 0 Å². The number of primary sulfonamides is 1. The van der Waals surface area contributed by atoms with E-state index < -0.39 is 15.9 Å². The summed E-state index contributed by atoms with van der Waals surface area (Å²) in [6.45, 7) is 5.52. The van der Waals surface area contributed by atoms with Gasteiger partial charge in [0.05, 0.1) is 4.90 Å². The van der Waals surface area contributed by atoms with Gasteiger partial charge >= 0.3 is 0 Å². The molecule has 0 saturated carbocycles. The third-order valence-electron chi connectivity index (χ3n) is 4.42. The highest BCUT2D eigenvalue weighted by molar-refractivity contribution is 7.89. The van der Waals surface area contributed by atoms with Crippen LogP contribution in [0.1, 0.15) is 22.7 Å². The van der Waals surface area contributed by atoms with Crippen molar-refractivity contribution >= 4 is 27.7 Å². The third-order valence-corrected chi connectivity index (χ3v) is 5.35. The lowest BCUT2D eigenvalue weighted by Gasteiger charge is -2.06. The summed E-state index contributed by atoms with van der Waals surface area (Å²) < 4.78 is 29.6. The van der Waals surface area contributed by atoms with Crippen LogP contribution in [0.15, 0.2) is 51.4 Å². The zero-order chi connectivity index (χ0) is 22.1. The second kappa shape index (κ2) is 7.98. The van der Waals surface area contributed by atoms with Crippen LogP contribution in [0, 0.1) is 32.1 Å². The van der Waals surface area contributed by atoms with Gasteiger partial charge in [-0.25, -0.2) is 13.6 Å². The number of amides is 1. The van der Waals surface area contributed by atoms with E-state index in [-0.39, 0.29) is 10.5 Å². The van der Waals surface area contributed by atoms with Gasteiger partial charge in [0.1, 0.15) is 17.4 Å². The molecule has 0 atom stereocenters. The van der Waals surface area contributed by atoms with Crippen molar-refractivity contribution in [3.8, 4) is 11.9 Å². The predicted octanol–water partition coefficient (Wildman–Crippen LogP) is 2.58. The van der Waals surface area contributed by atoms with Crippen molar-refractivity contribution in [3.05, 3.63) is 64.7 Å². The number of nitrogens with one attached hydrogen (secondary N) is 1. The lowest BCUT2D eigenvalue weighted by molar-refractivity contribution is -0.112. The summed E-state index contributed by atoms with van der Waals surface area (Å²) in [5, 5.41) is 21.1. The van der Waals surface area contributed by atoms with Crippen molar-refractivity contribution in [1.29, 1.82) is 5.26 Å². The minimum atomic E-state index is -3.83. The average Bonchev–Trinajstić information content (AvgIpc) is 3.21. The van der Waals surface area contributed by atoms with Crippen LogP contribution in [0.2, 0.25) is 0 Å². The van der Waals surface area contributed by atoms with E-state index in [9.17, 15) is 18.5 Å². The molecular formula is C20H19N5O4S. The summed E-state index contributed by atoms with van der Waals surface area (Å²) in [7, 11) is -3.83. The summed E-state index contributed by atoms with van der Waals surface area (Å²) in [6.07, 6.45) is 1.49. The first-order valence-electron chi connectivity index (χ1n) is 8.79. The Balaban J connectivity index is 1.87. The monoisotopic (exact) mass is 425 g/mol. The molecular weight excluding hydrogens is 406 g/mol. The molecule has 0 fully saturated rings. The van der Waals surface area contributed by atoms with E-state index in [1.54, 1.807) is 13.0 Å². The van der Waals surface area contributed by atoms with Gasteiger partial charge in [-0.2, -0.15) is 5.26 Å². The molecule has 0 unspecified atom stereocenters. The maximum Gasteiger partial charge on any atom is 0.266 e. The second-order valence-electron chi connectivity index (χ2n) is 6.65. The first kappa shape index (κ1) is 21.0. The molecule has 0 saturated heterocycles. The van der Waals surface area contributed by atoms with Gasteiger partial charge in [-0.15, -0.1) is 0 Å². The molecule has 1 amide bonds. The molecule has 0 bridgehead atoms. The minimum Gasteiger partial charge on any atom is -0.360 e. The number of carbonyl (C=O) groups is 1. The van der Waals surface area contributed by atoms with Crippen LogP contribution >= 0.6 is 0 Å². The summed E-state index contributed by atoms with van der Waals surface area (Å²) in [5.74, 6) is 0.656. The summed E-state index contributed by atoms with van der Waals surface area (Å²) in [6, 6.07) is 10.9. The number of hydrogen-bond donors (Lipinski definition) is 2. The Morgan fingerprint density at radius 3 is 2.43 bits per heavy atom. The van der Waals surface area contributed by atoms with Gasteiger partial charge in [0.15, 0.2) is 5.82 Å². The van der Waals surface area contributed by atoms with E-state index in [1.807, 2.05) is 30.6 Å². The fraction of sp³-hybridized carbons (Fsp3) is 0.150. The molecule has 2 aromatic heterocycles. The highest BCUT2D eigenvalue weighted by atomic mass is 32.2. The Hall–Kier alpha value is -3.68. The van der Waals surface area contributed by atoms with Crippen molar-refractivity contribution in [2.75, 3.05) is 5.32 Å². The molecule has 0 spiro atoms. The van der Waals surface area contributed by atoms with Gasteiger partial charge in [-0.3, -0.25) is 9.36 Å². The number of carbonyl (C=O) groups excluding carboxylic acids is 1. The third kappa shape index (κ3) is 4.32. The number of benzene rings is 1. The number of nitriles is 1. The number of nitrogens with zero attached hydrogens (tertiary/aromatic N) is 3. The fourth-order valence-electron chi connectivity index (χ4n) is 2.98. The second-order valence-corrected chi connectivity index (χ2v) is 8.21. The summed E-state index contributed by atoms with van der Waals surface area (Å²) >= 11 is 0. The Morgan fingerprint density at radius 1 is 1.23 bits per heavy atom. The average molecular weight is 425 g/mol. The highest BCUT2D eigenvalue weighted by Gasteiger charge is 2.16. The molecule has 3 N–H and O–H groups in total. The summed E-state index contributed by atoms with van der Waals surface area (Å²) in [4.78, 5) is 12.5. The first-order chi connectivity index (χ1) is 14.1. The number of aromatic nitrogens is 2. The van der Waals surface area contributed by atoms with E-state index in [4.69, 9.17) is 9.66 Å². The zero-order valence-electron chi connectivity index (χ0n) is 16.5. The van der Waals surface area contributed by atoms with Gasteiger partial charge in [-0.05, 0) is 62.7 Å². The van der Waals surface area contributed by atoms with Crippen LogP contribution in [0.3, 0.4) is 0 Å². The van der Waals surface area contributed by atoms with Crippen molar-refractivity contribution in [2.24, 2.45) is 5.14 Å². The Morgan fingerprint density at radius 2 is 1.90 bits per heavy atom. The fourth-order valence-corrected chi connectivity index (χ4v) is 3.49. The smallest absolute Gasteiger partial charge is 0.266 e. The maximum absolute atomic E-state index is 12.5. The Kier molecular flexibility index (Phi) is 5.60. The van der Waals surface area contributed by atoms with Crippen LogP contribution in [0.25, 0.3) is 11.9 Å². The largest absolute Gasteiger partial charge is 0.360 e. The molecule has 30 heavy (non-hydrogen) atoms. The quantitative estimate of drug-likeness (QED) is 0.475. The molecule has 1 aromatic carbocycles. The SMILES string of the molecule is Cc1cc(-n2c(C)cc(/C=C(\C#N)C(=O)Nc3ccc(S(N)(=O)=O)cc3)c2C)no1. The number of rotatable bonds is 5. The molecule has 2 heterocycles. The molecule has 0 aliphatic carbocycles. The molecule has 3 aromatic rings. The number of aryl methyl sites for hydroxylation is 2. The van der Waals surface area contributed by atoms with Crippen molar-refractivity contribution < 1.29 is 17.7 Å². The van der Waals surface area contributed by atoms with Crippen LogP contribution in [0.5, 0.6) is 0 Å². The van der Waals surface area contributed by atoms with Crippen LogP contribution in [0.4, 0.5) is 5.69 Å². The summed E-state index contributed by atoms with van der Waals surface area (Å²) in [5.41, 5.74) is 2.56. The standard InChI is InChI=1S/C20H19N5O4S/c1-12-8-15(14(3)25(12)19-9-13(2)29-24-19)10-16(11-21)20(26)23-17-4-6-18(7-5-17)30(22,27)28/h4-10H,1-3H3,(H,23,26)(H2,22,27,28)/b16-10+. The molecule has 154 valence electrons. The van der Waals surface area contributed by atoms with Gasteiger partial charge in [0.25, 0.3) is 5.91 Å². The van der Waals surface area contributed by atoms with Crippen molar-refractivity contribution in [3.63, 3.8) is 0 Å². The van der Waals surface area contributed by atoms with E-state index in [1.165, 1.54) is 30.3 Å². The predicted molar refractivity (Wildman–Crippen MR) is 110 cm³/mol. The lowest BCUT2D eigenvalue weighted by Crippen LogP contribution is -2.14. The number of anilines is 1. The molecule has 3 rings (SSSR count). The topological polar surface area (TPSA) is 144 Å². The Bertz CT molecular complexity index is 1290. The van der Waals surface area contributed by atoms with E-state index in [2.05, 4.69) is 10.5 Å². The normalized spacial score (nSPS) is 11.9. The van der Waals surface area contributed by atoms with Crippen molar-refractivity contribution in [1.82, 2.24) is 9.72 Å². The first-order valence-corrected chi connectivity index (χ1v) is 10.3. The zero-order valence-corrected chi connectivity index (χ0v) is 17.3. The van der Waals surface area contributed by atoms with Gasteiger partial charge in [0, 0.05) is 23.1 Å². The molecule has 10 heteroatoms. The van der Waals surface area contributed by atoms with Gasteiger partial charge in [0.2, 0.25) is 10.0 Å². The highest BCUT2D eigenvalue weighted by Crippen LogP contribution is 2.23. The number of sulfonamides is 1. The molecule has 0 aliphatic heterocycles. The molecule has 9 nitrogen and oxygen atoms in total. The molecule has 0 radical (unpaired) electrons. The number of nitrogens with two attached hydrogens (primary N) is 1. The van der Waals surface area contributed by atoms with Crippen LogP contribution in [-0.2, 0) is 14.8 Å². The lowest BCUT2D eigenvalue weighted by atomic mass is 10.1. The maximum atomic E-state index is 12.5.